The van der Waals surface area contributed by atoms with Crippen LogP contribution < -0.4 is 0 Å². The van der Waals surface area contributed by atoms with Gasteiger partial charge in [-0.2, -0.15) is 0 Å². The van der Waals surface area contributed by atoms with Crippen LogP contribution in [0.3, 0.4) is 0 Å². The molecule has 0 amide bonds. The first-order chi connectivity index (χ1) is 6.40. The summed E-state index contributed by atoms with van der Waals surface area (Å²) >= 11 is 0. The maximum absolute atomic E-state index is 10.6. The third-order valence-corrected chi connectivity index (χ3v) is 3.56. The number of rotatable bonds is 1. The van der Waals surface area contributed by atoms with Gasteiger partial charge < -0.3 is 4.98 Å². The molecule has 68 valence electrons. The van der Waals surface area contributed by atoms with Crippen LogP contribution in [0.25, 0.3) is 0 Å². The van der Waals surface area contributed by atoms with Gasteiger partial charge in [-0.3, -0.25) is 4.79 Å². The van der Waals surface area contributed by atoms with Crippen LogP contribution in [0, 0.1) is 0 Å². The van der Waals surface area contributed by atoms with Gasteiger partial charge in [0, 0.05) is 11.6 Å². The Morgan fingerprint density at radius 1 is 1.31 bits per heavy atom. The summed E-state index contributed by atoms with van der Waals surface area (Å²) in [7, 11) is 0. The third-order valence-electron chi connectivity index (χ3n) is 3.56. The Labute approximate surface area is 77.3 Å². The molecule has 1 heterocycles. The van der Waals surface area contributed by atoms with Gasteiger partial charge in [0.2, 0.25) is 0 Å². The van der Waals surface area contributed by atoms with E-state index in [4.69, 9.17) is 0 Å². The van der Waals surface area contributed by atoms with Gasteiger partial charge >= 0.3 is 0 Å². The normalized spacial score (nSPS) is 30.2. The number of aromatic amines is 1. The first-order valence-corrected chi connectivity index (χ1v) is 5.08. The van der Waals surface area contributed by atoms with Crippen molar-refractivity contribution in [3.63, 3.8) is 0 Å². The van der Waals surface area contributed by atoms with Crippen LogP contribution in [-0.4, -0.2) is 11.3 Å². The average molecular weight is 175 g/mol. The number of fused-ring (bicyclic) bond motifs is 4. The van der Waals surface area contributed by atoms with E-state index in [0.29, 0.717) is 0 Å². The van der Waals surface area contributed by atoms with Gasteiger partial charge in [0.05, 0.1) is 5.69 Å². The van der Waals surface area contributed by atoms with Gasteiger partial charge in [0.1, 0.15) is 0 Å². The summed E-state index contributed by atoms with van der Waals surface area (Å²) in [6.07, 6.45) is 6.28. The smallest absolute Gasteiger partial charge is 0.166 e. The predicted molar refractivity (Wildman–Crippen MR) is 50.1 cm³/mol. The molecule has 1 aromatic heterocycles. The summed E-state index contributed by atoms with van der Waals surface area (Å²) in [6, 6.07) is 2.04. The molecular formula is C11H13NO. The number of aldehydes is 1. The second kappa shape index (κ2) is 2.47. The van der Waals surface area contributed by atoms with E-state index >= 15 is 0 Å². The van der Waals surface area contributed by atoms with Gasteiger partial charge in [-0.25, -0.2) is 0 Å². The molecule has 0 aromatic carbocycles. The fraction of sp³-hybridized carbons (Fsp3) is 0.545. The van der Waals surface area contributed by atoms with E-state index < -0.39 is 0 Å². The first kappa shape index (κ1) is 7.36. The van der Waals surface area contributed by atoms with E-state index in [9.17, 15) is 4.79 Å². The van der Waals surface area contributed by atoms with E-state index in [0.717, 1.165) is 23.8 Å². The molecule has 2 nitrogen and oxygen atoms in total. The highest BCUT2D eigenvalue weighted by molar-refractivity contribution is 5.74. The molecule has 0 aliphatic heterocycles. The summed E-state index contributed by atoms with van der Waals surface area (Å²) < 4.78 is 0. The molecule has 13 heavy (non-hydrogen) atoms. The van der Waals surface area contributed by atoms with Crippen molar-refractivity contribution < 1.29 is 4.79 Å². The number of carbonyl (C=O) groups excluding carboxylic acids is 1. The minimum absolute atomic E-state index is 0.748. The molecule has 2 atom stereocenters. The van der Waals surface area contributed by atoms with Gasteiger partial charge in [-0.1, -0.05) is 12.8 Å². The van der Waals surface area contributed by atoms with Crippen LogP contribution in [0.15, 0.2) is 6.07 Å². The molecule has 0 radical (unpaired) electrons. The van der Waals surface area contributed by atoms with Crippen molar-refractivity contribution >= 4 is 6.29 Å². The molecule has 1 fully saturated rings. The highest BCUT2D eigenvalue weighted by Crippen LogP contribution is 2.54. The standard InChI is InChI=1S/C11H13NO/c13-6-7-5-10-8-3-1-2-4-9(8)11(10)12-7/h5-6,8-9,12H,1-4H2. The maximum Gasteiger partial charge on any atom is 0.166 e. The molecule has 0 saturated heterocycles. The SMILES string of the molecule is O=Cc1cc2c([nH]1)C1CCCCC21. The van der Waals surface area contributed by atoms with Gasteiger partial charge in [0.15, 0.2) is 6.29 Å². The quantitative estimate of drug-likeness (QED) is 0.654. The molecule has 2 heteroatoms. The lowest BCUT2D eigenvalue weighted by Crippen LogP contribution is -2.26. The predicted octanol–water partition coefficient (Wildman–Crippen LogP) is 2.58. The Balaban J connectivity index is 2.01. The molecule has 1 saturated carbocycles. The largest absolute Gasteiger partial charge is 0.356 e. The van der Waals surface area contributed by atoms with Crippen molar-refractivity contribution in [3.8, 4) is 0 Å². The molecule has 0 bridgehead atoms. The number of carbonyl (C=O) groups is 1. The molecule has 3 rings (SSSR count). The van der Waals surface area contributed by atoms with Crippen molar-refractivity contribution in [1.29, 1.82) is 0 Å². The average Bonchev–Trinajstić information content (AvgIpc) is 2.54. The number of hydrogen-bond donors (Lipinski definition) is 1. The van der Waals surface area contributed by atoms with Gasteiger partial charge in [-0.15, -0.1) is 0 Å². The van der Waals surface area contributed by atoms with Crippen LogP contribution in [0.2, 0.25) is 0 Å². The summed E-state index contributed by atoms with van der Waals surface area (Å²) in [6.45, 7) is 0. The molecule has 1 N–H and O–H groups in total. The summed E-state index contributed by atoms with van der Waals surface area (Å²) in [4.78, 5) is 13.8. The van der Waals surface area contributed by atoms with Crippen molar-refractivity contribution in [1.82, 2.24) is 4.98 Å². The lowest BCUT2D eigenvalue weighted by Gasteiger charge is -2.40. The maximum atomic E-state index is 10.6. The van der Waals surface area contributed by atoms with Crippen LogP contribution >= 0.6 is 0 Å². The fourth-order valence-electron chi connectivity index (χ4n) is 2.94. The molecule has 1 aromatic rings. The first-order valence-electron chi connectivity index (χ1n) is 5.08. The van der Waals surface area contributed by atoms with Crippen molar-refractivity contribution in [2.24, 2.45) is 0 Å². The van der Waals surface area contributed by atoms with Crippen LogP contribution in [0.1, 0.15) is 59.3 Å². The molecular weight excluding hydrogens is 162 g/mol. The number of nitrogens with one attached hydrogen (secondary N) is 1. The lowest BCUT2D eigenvalue weighted by atomic mass is 9.65. The van der Waals surface area contributed by atoms with E-state index in [-0.39, 0.29) is 0 Å². The minimum atomic E-state index is 0.748. The molecule has 2 aliphatic rings. The fourth-order valence-corrected chi connectivity index (χ4v) is 2.94. The zero-order valence-corrected chi connectivity index (χ0v) is 7.55. The zero-order valence-electron chi connectivity index (χ0n) is 7.55. The van der Waals surface area contributed by atoms with Crippen molar-refractivity contribution in [3.05, 3.63) is 23.0 Å². The molecule has 0 spiro atoms. The van der Waals surface area contributed by atoms with E-state index in [1.165, 1.54) is 36.9 Å². The summed E-state index contributed by atoms with van der Waals surface area (Å²) in [5, 5.41) is 0. The number of aromatic nitrogens is 1. The molecule has 2 unspecified atom stereocenters. The highest BCUT2D eigenvalue weighted by atomic mass is 16.1. The van der Waals surface area contributed by atoms with Crippen LogP contribution in [0.5, 0.6) is 0 Å². The Morgan fingerprint density at radius 3 is 2.85 bits per heavy atom. The Hall–Kier alpha value is -1.05. The van der Waals surface area contributed by atoms with E-state index in [1.807, 2.05) is 6.07 Å². The highest BCUT2D eigenvalue weighted by Gasteiger charge is 2.40. The summed E-state index contributed by atoms with van der Waals surface area (Å²) in [5.74, 6) is 1.52. The second-order valence-corrected chi connectivity index (χ2v) is 4.21. The third kappa shape index (κ3) is 0.859. The van der Waals surface area contributed by atoms with Crippen LogP contribution in [0.4, 0.5) is 0 Å². The van der Waals surface area contributed by atoms with E-state index in [2.05, 4.69) is 4.98 Å². The van der Waals surface area contributed by atoms with Crippen LogP contribution in [-0.2, 0) is 0 Å². The Morgan fingerprint density at radius 2 is 2.08 bits per heavy atom. The minimum Gasteiger partial charge on any atom is -0.356 e. The van der Waals surface area contributed by atoms with Crippen molar-refractivity contribution in [2.45, 2.75) is 37.5 Å². The number of hydrogen-bond acceptors (Lipinski definition) is 1. The van der Waals surface area contributed by atoms with E-state index in [1.54, 1.807) is 0 Å². The topological polar surface area (TPSA) is 32.9 Å². The summed E-state index contributed by atoms with van der Waals surface area (Å²) in [5.41, 5.74) is 3.54. The Kier molecular flexibility index (Phi) is 1.40. The van der Waals surface area contributed by atoms with Crippen molar-refractivity contribution in [2.75, 3.05) is 0 Å². The lowest BCUT2D eigenvalue weighted by molar-refractivity contribution is 0.111. The van der Waals surface area contributed by atoms with Gasteiger partial charge in [-0.05, 0) is 30.4 Å². The second-order valence-electron chi connectivity index (χ2n) is 4.21. The van der Waals surface area contributed by atoms with Gasteiger partial charge in [0.25, 0.3) is 0 Å². The zero-order chi connectivity index (χ0) is 8.84. The molecule has 2 aliphatic carbocycles. The number of H-pyrrole nitrogens is 1. The Bertz CT molecular complexity index is 323. The monoisotopic (exact) mass is 175 g/mol.